The second-order valence-electron chi connectivity index (χ2n) is 5.92. The topological polar surface area (TPSA) is 21.7 Å². The summed E-state index contributed by atoms with van der Waals surface area (Å²) in [6.45, 7) is 8.01. The van der Waals surface area contributed by atoms with Gasteiger partial charge >= 0.3 is 0 Å². The van der Waals surface area contributed by atoms with Crippen molar-refractivity contribution in [3.05, 3.63) is 0 Å². The van der Waals surface area contributed by atoms with E-state index in [9.17, 15) is 0 Å². The van der Waals surface area contributed by atoms with E-state index in [2.05, 4.69) is 4.90 Å². The Bertz CT molecular complexity index is 239. The number of hydrogen-bond donors (Lipinski definition) is 0. The molecule has 2 rings (SSSR count). The molecule has 2 aliphatic rings. The lowest BCUT2D eigenvalue weighted by Gasteiger charge is -2.44. The van der Waals surface area contributed by atoms with Gasteiger partial charge in [0.15, 0.2) is 6.29 Å². The van der Waals surface area contributed by atoms with Crippen LogP contribution in [0.4, 0.5) is 0 Å². The summed E-state index contributed by atoms with van der Waals surface area (Å²) in [5.74, 6) is 0.972. The summed E-state index contributed by atoms with van der Waals surface area (Å²) in [5.41, 5.74) is 0. The first-order valence-corrected chi connectivity index (χ1v) is 8.32. The molecule has 1 saturated carbocycles. The van der Waals surface area contributed by atoms with Crippen LogP contribution in [0.3, 0.4) is 0 Å². The van der Waals surface area contributed by atoms with Crippen LogP contribution in [0.5, 0.6) is 0 Å². The molecule has 0 radical (unpaired) electrons. The molecule has 0 N–H and O–H groups in total. The summed E-state index contributed by atoms with van der Waals surface area (Å²) >= 11 is 0. The van der Waals surface area contributed by atoms with Gasteiger partial charge in [0.25, 0.3) is 0 Å². The third kappa shape index (κ3) is 4.44. The third-order valence-corrected chi connectivity index (χ3v) is 4.72. The Balaban J connectivity index is 1.79. The minimum absolute atomic E-state index is 0.000956. The van der Waals surface area contributed by atoms with Gasteiger partial charge in [-0.3, -0.25) is 4.90 Å². The van der Waals surface area contributed by atoms with Gasteiger partial charge in [0, 0.05) is 32.2 Å². The molecule has 112 valence electrons. The smallest absolute Gasteiger partial charge is 0.158 e. The fraction of sp³-hybridized carbons (Fsp3) is 1.00. The molecule has 1 heterocycles. The molecule has 0 bridgehead atoms. The minimum Gasteiger partial charge on any atom is -0.353 e. The molecule has 0 spiro atoms. The number of nitrogens with zero attached hydrogens (tertiary/aromatic N) is 1. The Hall–Kier alpha value is -0.120. The number of likely N-dealkylation sites (tertiary alicyclic amines) is 1. The molecule has 19 heavy (non-hydrogen) atoms. The molecule has 0 unspecified atom stereocenters. The van der Waals surface area contributed by atoms with Crippen LogP contribution in [0.25, 0.3) is 0 Å². The van der Waals surface area contributed by atoms with Gasteiger partial charge in [-0.15, -0.1) is 0 Å². The minimum atomic E-state index is -0.000956. The first-order valence-electron chi connectivity index (χ1n) is 8.32. The normalized spacial score (nSPS) is 28.6. The van der Waals surface area contributed by atoms with Crippen LogP contribution < -0.4 is 0 Å². The summed E-state index contributed by atoms with van der Waals surface area (Å²) in [6, 6.07) is 0.853. The summed E-state index contributed by atoms with van der Waals surface area (Å²) in [7, 11) is 0. The third-order valence-electron chi connectivity index (χ3n) is 4.72. The lowest BCUT2D eigenvalue weighted by atomic mass is 9.78. The zero-order valence-corrected chi connectivity index (χ0v) is 12.8. The van der Waals surface area contributed by atoms with E-state index in [-0.39, 0.29) is 6.29 Å². The van der Waals surface area contributed by atoms with Crippen molar-refractivity contribution in [3.63, 3.8) is 0 Å². The number of fused-ring (bicyclic) bond motifs is 1. The lowest BCUT2D eigenvalue weighted by Crippen LogP contribution is -2.47. The molecule has 3 heteroatoms. The van der Waals surface area contributed by atoms with Crippen molar-refractivity contribution in [2.45, 2.75) is 71.1 Å². The van der Waals surface area contributed by atoms with Gasteiger partial charge in [0.05, 0.1) is 0 Å². The second kappa shape index (κ2) is 8.23. The number of piperidine rings is 1. The first-order chi connectivity index (χ1) is 9.35. The highest BCUT2D eigenvalue weighted by Crippen LogP contribution is 2.35. The van der Waals surface area contributed by atoms with Gasteiger partial charge in [0.2, 0.25) is 0 Å². The highest BCUT2D eigenvalue weighted by atomic mass is 16.7. The maximum Gasteiger partial charge on any atom is 0.158 e. The fourth-order valence-corrected chi connectivity index (χ4v) is 3.86. The number of rotatable bonds is 7. The van der Waals surface area contributed by atoms with Gasteiger partial charge in [0.1, 0.15) is 0 Å². The SMILES string of the molecule is CCOC(CCN1CCC[C@H]2CCCC[C@H]21)OCC. The van der Waals surface area contributed by atoms with Crippen LogP contribution in [0, 0.1) is 5.92 Å². The van der Waals surface area contributed by atoms with Crippen molar-refractivity contribution in [2.24, 2.45) is 5.92 Å². The van der Waals surface area contributed by atoms with E-state index in [1.165, 1.54) is 45.1 Å². The van der Waals surface area contributed by atoms with E-state index >= 15 is 0 Å². The van der Waals surface area contributed by atoms with E-state index in [1.54, 1.807) is 0 Å². The molecule has 1 saturated heterocycles. The van der Waals surface area contributed by atoms with Crippen LogP contribution in [-0.4, -0.2) is 43.5 Å². The summed E-state index contributed by atoms with van der Waals surface area (Å²) in [5, 5.41) is 0. The van der Waals surface area contributed by atoms with Crippen LogP contribution >= 0.6 is 0 Å². The molecule has 0 amide bonds. The van der Waals surface area contributed by atoms with Gasteiger partial charge in [-0.05, 0) is 52.0 Å². The molecule has 1 aliphatic carbocycles. The van der Waals surface area contributed by atoms with E-state index in [4.69, 9.17) is 9.47 Å². The van der Waals surface area contributed by atoms with Gasteiger partial charge < -0.3 is 9.47 Å². The van der Waals surface area contributed by atoms with Crippen LogP contribution in [0.2, 0.25) is 0 Å². The van der Waals surface area contributed by atoms with Gasteiger partial charge in [-0.2, -0.15) is 0 Å². The molecule has 2 atom stereocenters. The van der Waals surface area contributed by atoms with Crippen molar-refractivity contribution in [1.82, 2.24) is 4.90 Å². The molecule has 3 nitrogen and oxygen atoms in total. The van der Waals surface area contributed by atoms with Crippen LogP contribution in [0.15, 0.2) is 0 Å². The number of ether oxygens (including phenoxy) is 2. The summed E-state index contributed by atoms with van der Waals surface area (Å²) in [6.07, 6.45) is 9.62. The average Bonchev–Trinajstić information content (AvgIpc) is 2.45. The zero-order chi connectivity index (χ0) is 13.5. The molecule has 0 aromatic carbocycles. The van der Waals surface area contributed by atoms with E-state index in [0.717, 1.165) is 38.1 Å². The Kier molecular flexibility index (Phi) is 6.62. The van der Waals surface area contributed by atoms with Crippen molar-refractivity contribution in [1.29, 1.82) is 0 Å². The zero-order valence-electron chi connectivity index (χ0n) is 12.8. The van der Waals surface area contributed by atoms with Gasteiger partial charge in [-0.1, -0.05) is 12.8 Å². The quantitative estimate of drug-likeness (QED) is 0.661. The van der Waals surface area contributed by atoms with Crippen molar-refractivity contribution in [2.75, 3.05) is 26.3 Å². The molecule has 0 aromatic rings. The van der Waals surface area contributed by atoms with Gasteiger partial charge in [-0.25, -0.2) is 0 Å². The Morgan fingerprint density at radius 3 is 2.42 bits per heavy atom. The predicted octanol–water partition coefficient (Wildman–Crippen LogP) is 3.43. The highest BCUT2D eigenvalue weighted by molar-refractivity contribution is 4.87. The maximum absolute atomic E-state index is 5.66. The summed E-state index contributed by atoms with van der Waals surface area (Å²) in [4.78, 5) is 2.72. The van der Waals surface area contributed by atoms with E-state index in [1.807, 2.05) is 13.8 Å². The Labute approximate surface area is 118 Å². The fourth-order valence-electron chi connectivity index (χ4n) is 3.86. The average molecular weight is 269 g/mol. The van der Waals surface area contributed by atoms with Crippen molar-refractivity contribution < 1.29 is 9.47 Å². The molecule has 1 aliphatic heterocycles. The first kappa shape index (κ1) is 15.3. The highest BCUT2D eigenvalue weighted by Gasteiger charge is 2.33. The monoisotopic (exact) mass is 269 g/mol. The van der Waals surface area contributed by atoms with E-state index in [0.29, 0.717) is 0 Å². The summed E-state index contributed by atoms with van der Waals surface area (Å²) < 4.78 is 11.3. The maximum atomic E-state index is 5.66. The molecular formula is C16H31NO2. The molecule has 2 fully saturated rings. The number of hydrogen-bond acceptors (Lipinski definition) is 3. The largest absolute Gasteiger partial charge is 0.353 e. The standard InChI is InChI=1S/C16H31NO2/c1-3-18-16(19-4-2)11-13-17-12-7-9-14-8-5-6-10-15(14)17/h14-16H,3-13H2,1-2H3/t14-,15-/m1/s1. The van der Waals surface area contributed by atoms with Crippen LogP contribution in [-0.2, 0) is 9.47 Å². The van der Waals surface area contributed by atoms with E-state index < -0.39 is 0 Å². The molecular weight excluding hydrogens is 238 g/mol. The lowest BCUT2D eigenvalue weighted by molar-refractivity contribution is -0.143. The Morgan fingerprint density at radius 2 is 1.68 bits per heavy atom. The second-order valence-corrected chi connectivity index (χ2v) is 5.92. The van der Waals surface area contributed by atoms with Crippen molar-refractivity contribution >= 4 is 0 Å². The van der Waals surface area contributed by atoms with Crippen LogP contribution in [0.1, 0.15) is 58.8 Å². The molecule has 0 aromatic heterocycles. The Morgan fingerprint density at radius 1 is 1.00 bits per heavy atom. The predicted molar refractivity (Wildman–Crippen MR) is 78.2 cm³/mol. The van der Waals surface area contributed by atoms with Crippen molar-refractivity contribution in [3.8, 4) is 0 Å².